The zero-order chi connectivity index (χ0) is 18.4. The van der Waals surface area contributed by atoms with Gasteiger partial charge in [-0.25, -0.2) is 0 Å². The van der Waals surface area contributed by atoms with E-state index in [0.29, 0.717) is 5.75 Å². The van der Waals surface area contributed by atoms with Gasteiger partial charge in [0.25, 0.3) is 0 Å². The SMILES string of the molecule is CC/C(=C(\CC)c1ccc(O)c(CN(C)C)c1)c1ccc(OC)cc1.Cl. The van der Waals surface area contributed by atoms with Crippen molar-refractivity contribution in [3.63, 3.8) is 0 Å². The molecule has 0 amide bonds. The van der Waals surface area contributed by atoms with Crippen LogP contribution in [0.4, 0.5) is 0 Å². The van der Waals surface area contributed by atoms with E-state index in [9.17, 15) is 5.11 Å². The van der Waals surface area contributed by atoms with Crippen LogP contribution in [0.15, 0.2) is 42.5 Å². The van der Waals surface area contributed by atoms with Crippen LogP contribution < -0.4 is 4.74 Å². The first kappa shape index (κ1) is 22.1. The summed E-state index contributed by atoms with van der Waals surface area (Å²) >= 11 is 0. The Balaban J connectivity index is 0.00000338. The van der Waals surface area contributed by atoms with Gasteiger partial charge in [0, 0.05) is 12.1 Å². The molecular weight excluding hydrogens is 346 g/mol. The van der Waals surface area contributed by atoms with Crippen LogP contribution in [0, 0.1) is 0 Å². The number of phenols is 1. The summed E-state index contributed by atoms with van der Waals surface area (Å²) in [4.78, 5) is 2.07. The van der Waals surface area contributed by atoms with Crippen molar-refractivity contribution in [2.45, 2.75) is 33.2 Å². The molecule has 0 aliphatic rings. The Morgan fingerprint density at radius 2 is 1.46 bits per heavy atom. The highest BCUT2D eigenvalue weighted by molar-refractivity contribution is 5.91. The van der Waals surface area contributed by atoms with E-state index in [0.717, 1.165) is 30.7 Å². The van der Waals surface area contributed by atoms with Crippen molar-refractivity contribution in [2.24, 2.45) is 0 Å². The van der Waals surface area contributed by atoms with Gasteiger partial charge < -0.3 is 14.7 Å². The maximum Gasteiger partial charge on any atom is 0.120 e. The van der Waals surface area contributed by atoms with Crippen LogP contribution >= 0.6 is 12.4 Å². The molecule has 3 nitrogen and oxygen atoms in total. The Hall–Kier alpha value is -1.97. The smallest absolute Gasteiger partial charge is 0.120 e. The van der Waals surface area contributed by atoms with Gasteiger partial charge >= 0.3 is 0 Å². The molecule has 2 aromatic rings. The third-order valence-electron chi connectivity index (χ3n) is 4.42. The number of halogens is 1. The fraction of sp³-hybridized carbons (Fsp3) is 0.364. The van der Waals surface area contributed by atoms with Crippen molar-refractivity contribution in [1.82, 2.24) is 4.90 Å². The number of allylic oxidation sites excluding steroid dienone is 2. The van der Waals surface area contributed by atoms with Crippen LogP contribution in [0.3, 0.4) is 0 Å². The van der Waals surface area contributed by atoms with Crippen molar-refractivity contribution >= 4 is 23.6 Å². The van der Waals surface area contributed by atoms with Gasteiger partial charge in [-0.15, -0.1) is 12.4 Å². The first-order valence-electron chi connectivity index (χ1n) is 8.83. The summed E-state index contributed by atoms with van der Waals surface area (Å²) < 4.78 is 5.27. The zero-order valence-corrected chi connectivity index (χ0v) is 17.2. The first-order chi connectivity index (χ1) is 12.0. The predicted molar refractivity (Wildman–Crippen MR) is 113 cm³/mol. The molecule has 0 unspecified atom stereocenters. The van der Waals surface area contributed by atoms with Crippen LogP contribution in [-0.4, -0.2) is 31.2 Å². The van der Waals surface area contributed by atoms with Gasteiger partial charge in [-0.3, -0.25) is 0 Å². The van der Waals surface area contributed by atoms with Crippen LogP contribution in [0.2, 0.25) is 0 Å². The number of hydrogen-bond acceptors (Lipinski definition) is 3. The Labute approximate surface area is 163 Å². The lowest BCUT2D eigenvalue weighted by molar-refractivity contribution is 0.386. The van der Waals surface area contributed by atoms with E-state index in [1.54, 1.807) is 7.11 Å². The molecule has 2 rings (SSSR count). The van der Waals surface area contributed by atoms with Gasteiger partial charge in [0.05, 0.1) is 7.11 Å². The number of phenolic OH excluding ortho intramolecular Hbond substituents is 1. The van der Waals surface area contributed by atoms with Crippen LogP contribution in [0.1, 0.15) is 43.4 Å². The molecule has 0 fully saturated rings. The third-order valence-corrected chi connectivity index (χ3v) is 4.42. The molecule has 0 bridgehead atoms. The lowest BCUT2D eigenvalue weighted by Gasteiger charge is -2.17. The number of ether oxygens (including phenoxy) is 1. The molecule has 142 valence electrons. The molecule has 0 radical (unpaired) electrons. The van der Waals surface area contributed by atoms with Crippen molar-refractivity contribution in [3.05, 3.63) is 59.2 Å². The lowest BCUT2D eigenvalue weighted by atomic mass is 9.90. The van der Waals surface area contributed by atoms with E-state index in [1.165, 1.54) is 22.3 Å². The number of benzene rings is 2. The second-order valence-electron chi connectivity index (χ2n) is 6.47. The molecule has 0 heterocycles. The molecule has 0 saturated heterocycles. The third kappa shape index (κ3) is 5.26. The average Bonchev–Trinajstić information content (AvgIpc) is 2.61. The molecule has 0 aromatic heterocycles. The summed E-state index contributed by atoms with van der Waals surface area (Å²) in [6.45, 7) is 5.10. The number of methoxy groups -OCH3 is 1. The summed E-state index contributed by atoms with van der Waals surface area (Å²) in [5.41, 5.74) is 6.03. The van der Waals surface area contributed by atoms with Gasteiger partial charge in [-0.2, -0.15) is 0 Å². The molecule has 0 saturated carbocycles. The summed E-state index contributed by atoms with van der Waals surface area (Å²) in [7, 11) is 5.71. The summed E-state index contributed by atoms with van der Waals surface area (Å²) in [5, 5.41) is 10.2. The molecule has 0 aliphatic carbocycles. The van der Waals surface area contributed by atoms with Crippen molar-refractivity contribution in [3.8, 4) is 11.5 Å². The Morgan fingerprint density at radius 3 is 1.96 bits per heavy atom. The zero-order valence-electron chi connectivity index (χ0n) is 16.4. The number of nitrogens with zero attached hydrogens (tertiary/aromatic N) is 1. The van der Waals surface area contributed by atoms with E-state index >= 15 is 0 Å². The summed E-state index contributed by atoms with van der Waals surface area (Å²) in [6, 6.07) is 14.2. The van der Waals surface area contributed by atoms with E-state index in [-0.39, 0.29) is 12.4 Å². The maximum absolute atomic E-state index is 10.2. The summed E-state index contributed by atoms with van der Waals surface area (Å²) in [6.07, 6.45) is 1.90. The topological polar surface area (TPSA) is 32.7 Å². The van der Waals surface area contributed by atoms with Gasteiger partial charge in [0.2, 0.25) is 0 Å². The van der Waals surface area contributed by atoms with E-state index in [4.69, 9.17) is 4.74 Å². The lowest BCUT2D eigenvalue weighted by Crippen LogP contribution is -2.11. The minimum absolute atomic E-state index is 0. The normalized spacial score (nSPS) is 11.8. The second kappa shape index (κ2) is 10.2. The molecule has 4 heteroatoms. The van der Waals surface area contributed by atoms with Crippen molar-refractivity contribution in [1.29, 1.82) is 0 Å². The predicted octanol–water partition coefficient (Wildman–Crippen LogP) is 5.62. The number of rotatable bonds is 7. The maximum atomic E-state index is 10.2. The highest BCUT2D eigenvalue weighted by Crippen LogP contribution is 2.34. The van der Waals surface area contributed by atoms with Crippen LogP contribution in [-0.2, 0) is 6.54 Å². The average molecular weight is 376 g/mol. The first-order valence-corrected chi connectivity index (χ1v) is 8.83. The minimum Gasteiger partial charge on any atom is -0.508 e. The largest absolute Gasteiger partial charge is 0.508 e. The molecular formula is C22H30ClNO2. The van der Waals surface area contributed by atoms with E-state index < -0.39 is 0 Å². The molecule has 0 spiro atoms. The Morgan fingerprint density at radius 1 is 0.923 bits per heavy atom. The van der Waals surface area contributed by atoms with Crippen molar-refractivity contribution in [2.75, 3.05) is 21.2 Å². The molecule has 0 atom stereocenters. The molecule has 26 heavy (non-hydrogen) atoms. The van der Waals surface area contributed by atoms with Crippen LogP contribution in [0.5, 0.6) is 11.5 Å². The number of aromatic hydroxyl groups is 1. The monoisotopic (exact) mass is 375 g/mol. The van der Waals surface area contributed by atoms with E-state index in [2.05, 4.69) is 36.9 Å². The van der Waals surface area contributed by atoms with Gasteiger partial charge in [-0.1, -0.05) is 32.0 Å². The quantitative estimate of drug-likeness (QED) is 0.638. The second-order valence-corrected chi connectivity index (χ2v) is 6.47. The van der Waals surface area contributed by atoms with Gasteiger partial charge in [0.1, 0.15) is 11.5 Å². The molecule has 0 aliphatic heterocycles. The fourth-order valence-electron chi connectivity index (χ4n) is 3.22. The van der Waals surface area contributed by atoms with Crippen LogP contribution in [0.25, 0.3) is 11.1 Å². The van der Waals surface area contributed by atoms with Crippen molar-refractivity contribution < 1.29 is 9.84 Å². The summed E-state index contributed by atoms with van der Waals surface area (Å²) in [5.74, 6) is 1.23. The standard InChI is InChI=1S/C22H29NO2.ClH/c1-6-20(16-8-11-19(25-5)12-9-16)21(7-2)17-10-13-22(24)18(14-17)15-23(3)4;/h8-14,24H,6-7,15H2,1-5H3;1H/b21-20-;. The Bertz CT molecular complexity index is 736. The Kier molecular flexibility index (Phi) is 8.70. The highest BCUT2D eigenvalue weighted by Gasteiger charge is 2.12. The highest BCUT2D eigenvalue weighted by atomic mass is 35.5. The molecule has 2 aromatic carbocycles. The van der Waals surface area contributed by atoms with Gasteiger partial charge in [0.15, 0.2) is 0 Å². The molecule has 1 N–H and O–H groups in total. The fourth-order valence-corrected chi connectivity index (χ4v) is 3.22. The minimum atomic E-state index is 0. The van der Waals surface area contributed by atoms with Gasteiger partial charge in [-0.05, 0) is 73.5 Å². The van der Waals surface area contributed by atoms with E-state index in [1.807, 2.05) is 38.4 Å². The number of hydrogen-bond donors (Lipinski definition) is 1.